The van der Waals surface area contributed by atoms with Gasteiger partial charge in [0.15, 0.2) is 0 Å². The number of likely N-dealkylation sites (N-methyl/N-ethyl adjacent to an activating group) is 1. The first-order valence-corrected chi connectivity index (χ1v) is 8.83. The van der Waals surface area contributed by atoms with Crippen LogP contribution in [-0.4, -0.2) is 28.5 Å². The van der Waals surface area contributed by atoms with Crippen molar-refractivity contribution >= 4 is 10.9 Å². The summed E-state index contributed by atoms with van der Waals surface area (Å²) in [5.74, 6) is 0. The number of rotatable bonds is 3. The second kappa shape index (κ2) is 6.06. The number of aromatic amines is 1. The van der Waals surface area contributed by atoms with Crippen LogP contribution in [0.2, 0.25) is 0 Å². The van der Waals surface area contributed by atoms with E-state index in [2.05, 4.69) is 53.1 Å². The van der Waals surface area contributed by atoms with Crippen LogP contribution in [0.4, 0.5) is 0 Å². The van der Waals surface area contributed by atoms with E-state index in [1.165, 1.54) is 38.9 Å². The lowest BCUT2D eigenvalue weighted by molar-refractivity contribution is 0.313. The number of pyridine rings is 1. The molecule has 0 fully saturated rings. The third-order valence-corrected chi connectivity index (χ3v) is 5.16. The predicted molar refractivity (Wildman–Crippen MR) is 99.5 cm³/mol. The molecule has 3 nitrogen and oxygen atoms in total. The molecular formula is C21H25N3. The van der Waals surface area contributed by atoms with Crippen LogP contribution < -0.4 is 0 Å². The highest BCUT2D eigenvalue weighted by Crippen LogP contribution is 2.31. The minimum Gasteiger partial charge on any atom is -0.358 e. The summed E-state index contributed by atoms with van der Waals surface area (Å²) in [7, 11) is 2.21. The van der Waals surface area contributed by atoms with Crippen LogP contribution in [0.1, 0.15) is 33.6 Å². The van der Waals surface area contributed by atoms with Gasteiger partial charge in [0.1, 0.15) is 0 Å². The Kier molecular flexibility index (Phi) is 3.89. The Bertz CT molecular complexity index is 874. The van der Waals surface area contributed by atoms with Crippen LogP contribution in [0.5, 0.6) is 0 Å². The Labute approximate surface area is 143 Å². The van der Waals surface area contributed by atoms with Gasteiger partial charge < -0.3 is 9.88 Å². The topological polar surface area (TPSA) is 31.9 Å². The normalized spacial score (nSPS) is 15.0. The molecule has 0 atom stereocenters. The molecule has 1 aliphatic heterocycles. The molecular weight excluding hydrogens is 294 g/mol. The molecule has 1 aromatic carbocycles. The second-order valence-corrected chi connectivity index (χ2v) is 7.22. The van der Waals surface area contributed by atoms with Gasteiger partial charge in [-0.1, -0.05) is 17.7 Å². The van der Waals surface area contributed by atoms with E-state index >= 15 is 0 Å². The van der Waals surface area contributed by atoms with Crippen molar-refractivity contribution in [3.05, 3.63) is 64.1 Å². The monoisotopic (exact) mass is 319 g/mol. The number of fused-ring (bicyclic) bond motifs is 3. The maximum absolute atomic E-state index is 4.42. The molecule has 1 N–H and O–H groups in total. The van der Waals surface area contributed by atoms with Gasteiger partial charge in [0.05, 0.1) is 0 Å². The van der Waals surface area contributed by atoms with Crippen LogP contribution in [0, 0.1) is 13.8 Å². The average molecular weight is 319 g/mol. The van der Waals surface area contributed by atoms with Crippen molar-refractivity contribution in [1.82, 2.24) is 14.9 Å². The van der Waals surface area contributed by atoms with Crippen molar-refractivity contribution in [2.45, 2.75) is 39.7 Å². The molecule has 0 spiro atoms. The second-order valence-electron chi connectivity index (χ2n) is 7.22. The first kappa shape index (κ1) is 15.4. The summed E-state index contributed by atoms with van der Waals surface area (Å²) in [6.07, 6.45) is 5.23. The summed E-state index contributed by atoms with van der Waals surface area (Å²) in [5, 5.41) is 1.42. The Morgan fingerprint density at radius 2 is 2.04 bits per heavy atom. The summed E-state index contributed by atoms with van der Waals surface area (Å²) < 4.78 is 0. The third kappa shape index (κ3) is 2.84. The minimum absolute atomic E-state index is 1.04. The van der Waals surface area contributed by atoms with E-state index in [4.69, 9.17) is 0 Å². The molecule has 0 bridgehead atoms. The lowest BCUT2D eigenvalue weighted by atomic mass is 9.98. The first-order chi connectivity index (χ1) is 11.6. The summed E-state index contributed by atoms with van der Waals surface area (Å²) >= 11 is 0. The van der Waals surface area contributed by atoms with Gasteiger partial charge >= 0.3 is 0 Å². The largest absolute Gasteiger partial charge is 0.358 e. The molecule has 0 saturated carbocycles. The number of aromatic nitrogens is 2. The van der Waals surface area contributed by atoms with E-state index in [1.807, 2.05) is 13.1 Å². The number of aryl methyl sites for hydroxylation is 4. The fourth-order valence-electron chi connectivity index (χ4n) is 3.80. The van der Waals surface area contributed by atoms with Gasteiger partial charge in [-0.25, -0.2) is 0 Å². The van der Waals surface area contributed by atoms with Gasteiger partial charge in [-0.3, -0.25) is 4.98 Å². The SMILES string of the molecule is Cc1cc(CCc2ccc(C)nc2)c2[nH]c3c(c2c1)CN(C)CC3. The zero-order valence-electron chi connectivity index (χ0n) is 14.8. The standard InChI is InChI=1S/C21H25N3/c1-14-10-17(7-6-16-5-4-15(2)22-12-16)21-18(11-14)19-13-24(3)9-8-20(19)23-21/h4-5,10-12,23H,6-9,13H2,1-3H3. The number of H-pyrrole nitrogens is 1. The summed E-state index contributed by atoms with van der Waals surface area (Å²) in [6, 6.07) is 8.99. The van der Waals surface area contributed by atoms with E-state index in [1.54, 1.807) is 0 Å². The highest BCUT2D eigenvalue weighted by atomic mass is 15.1. The molecule has 1 aliphatic rings. The smallest absolute Gasteiger partial charge is 0.0492 e. The van der Waals surface area contributed by atoms with Crippen LogP contribution in [0.25, 0.3) is 10.9 Å². The molecule has 4 rings (SSSR count). The molecule has 0 saturated heterocycles. The third-order valence-electron chi connectivity index (χ3n) is 5.16. The zero-order valence-corrected chi connectivity index (χ0v) is 14.8. The van der Waals surface area contributed by atoms with E-state index in [-0.39, 0.29) is 0 Å². The van der Waals surface area contributed by atoms with Crippen LogP contribution >= 0.6 is 0 Å². The van der Waals surface area contributed by atoms with Gasteiger partial charge in [0.2, 0.25) is 0 Å². The Balaban J connectivity index is 1.68. The quantitative estimate of drug-likeness (QED) is 0.792. The maximum atomic E-state index is 4.42. The van der Waals surface area contributed by atoms with Gasteiger partial charge in [-0.15, -0.1) is 0 Å². The zero-order chi connectivity index (χ0) is 16.7. The minimum atomic E-state index is 1.04. The van der Waals surface area contributed by atoms with E-state index in [0.717, 1.165) is 38.0 Å². The number of hydrogen-bond donors (Lipinski definition) is 1. The number of nitrogens with one attached hydrogen (secondary N) is 1. The fourth-order valence-corrected chi connectivity index (χ4v) is 3.80. The summed E-state index contributed by atoms with van der Waals surface area (Å²) in [6.45, 7) is 6.44. The molecule has 2 aromatic heterocycles. The van der Waals surface area contributed by atoms with Crippen molar-refractivity contribution in [2.24, 2.45) is 0 Å². The molecule has 0 unspecified atom stereocenters. The Hall–Kier alpha value is -2.13. The number of hydrogen-bond acceptors (Lipinski definition) is 2. The molecule has 0 aliphatic carbocycles. The van der Waals surface area contributed by atoms with Crippen molar-refractivity contribution in [3.8, 4) is 0 Å². The van der Waals surface area contributed by atoms with Crippen LogP contribution in [0.3, 0.4) is 0 Å². The van der Waals surface area contributed by atoms with Gasteiger partial charge in [0, 0.05) is 48.0 Å². The van der Waals surface area contributed by atoms with Gasteiger partial charge in [-0.05, 0) is 62.6 Å². The molecule has 3 heterocycles. The van der Waals surface area contributed by atoms with E-state index < -0.39 is 0 Å². The Morgan fingerprint density at radius 1 is 1.17 bits per heavy atom. The molecule has 0 radical (unpaired) electrons. The molecule has 124 valence electrons. The highest BCUT2D eigenvalue weighted by molar-refractivity contribution is 5.88. The molecule has 0 amide bonds. The highest BCUT2D eigenvalue weighted by Gasteiger charge is 2.19. The van der Waals surface area contributed by atoms with E-state index in [9.17, 15) is 0 Å². The summed E-state index contributed by atoms with van der Waals surface area (Å²) in [4.78, 5) is 10.6. The lowest BCUT2D eigenvalue weighted by Crippen LogP contribution is -2.25. The number of benzene rings is 1. The molecule has 3 heteroatoms. The first-order valence-electron chi connectivity index (χ1n) is 8.83. The van der Waals surface area contributed by atoms with Crippen molar-refractivity contribution in [2.75, 3.05) is 13.6 Å². The summed E-state index contributed by atoms with van der Waals surface area (Å²) in [5.41, 5.74) is 9.47. The lowest BCUT2D eigenvalue weighted by Gasteiger charge is -2.22. The molecule has 3 aromatic rings. The van der Waals surface area contributed by atoms with Gasteiger partial charge in [0.25, 0.3) is 0 Å². The van der Waals surface area contributed by atoms with Crippen LogP contribution in [0.15, 0.2) is 30.5 Å². The molecule has 24 heavy (non-hydrogen) atoms. The number of nitrogens with zero attached hydrogens (tertiary/aromatic N) is 2. The Morgan fingerprint density at radius 3 is 2.83 bits per heavy atom. The average Bonchev–Trinajstić information content (AvgIpc) is 2.92. The van der Waals surface area contributed by atoms with E-state index in [0.29, 0.717) is 0 Å². The fraction of sp³-hybridized carbons (Fsp3) is 0.381. The predicted octanol–water partition coefficient (Wildman–Crippen LogP) is 3.95. The maximum Gasteiger partial charge on any atom is 0.0492 e. The van der Waals surface area contributed by atoms with Crippen molar-refractivity contribution < 1.29 is 0 Å². The van der Waals surface area contributed by atoms with Crippen molar-refractivity contribution in [3.63, 3.8) is 0 Å². The van der Waals surface area contributed by atoms with Crippen molar-refractivity contribution in [1.29, 1.82) is 0 Å². The van der Waals surface area contributed by atoms with Gasteiger partial charge in [-0.2, -0.15) is 0 Å². The van der Waals surface area contributed by atoms with Crippen LogP contribution in [-0.2, 0) is 25.8 Å².